The van der Waals surface area contributed by atoms with Gasteiger partial charge < -0.3 is 5.32 Å². The van der Waals surface area contributed by atoms with Crippen molar-refractivity contribution in [2.75, 3.05) is 0 Å². The Bertz CT molecular complexity index is 262. The third-order valence-corrected chi connectivity index (χ3v) is 4.41. The molecule has 2 rings (SSSR count). The zero-order valence-electron chi connectivity index (χ0n) is 9.54. The summed E-state index contributed by atoms with van der Waals surface area (Å²) >= 11 is 1.85. The van der Waals surface area contributed by atoms with Crippen molar-refractivity contribution in [1.82, 2.24) is 5.32 Å². The van der Waals surface area contributed by atoms with Crippen LogP contribution in [0.2, 0.25) is 0 Å². The predicted octanol–water partition coefficient (Wildman–Crippen LogP) is 3.81. The third-order valence-electron chi connectivity index (χ3n) is 3.54. The van der Waals surface area contributed by atoms with Gasteiger partial charge in [-0.1, -0.05) is 25.3 Å². The smallest absolute Gasteiger partial charge is 0.0302 e. The predicted molar refractivity (Wildman–Crippen MR) is 67.2 cm³/mol. The van der Waals surface area contributed by atoms with E-state index in [-0.39, 0.29) is 0 Å². The zero-order chi connectivity index (χ0) is 10.5. The molecule has 0 saturated heterocycles. The molecule has 0 unspecified atom stereocenters. The summed E-state index contributed by atoms with van der Waals surface area (Å²) < 4.78 is 0. The fraction of sp³-hybridized carbons (Fsp3) is 0.692. The van der Waals surface area contributed by atoms with Crippen LogP contribution in [0, 0.1) is 5.92 Å². The maximum atomic E-state index is 3.67. The second kappa shape index (κ2) is 5.66. The molecule has 0 amide bonds. The third kappa shape index (κ3) is 3.32. The highest BCUT2D eigenvalue weighted by Gasteiger charge is 2.19. The second-order valence-corrected chi connectivity index (χ2v) is 5.68. The Morgan fingerprint density at radius 1 is 1.40 bits per heavy atom. The topological polar surface area (TPSA) is 12.0 Å². The maximum absolute atomic E-state index is 3.67. The van der Waals surface area contributed by atoms with Gasteiger partial charge in [-0.2, -0.15) is 0 Å². The average molecular weight is 223 g/mol. The standard InChI is InChI=1S/C13H21NS/c1-11(12-6-3-2-4-7-12)14-10-13-8-5-9-15-13/h5,8-9,11-12,14H,2-4,6-7,10H2,1H3/t11-/m1/s1. The van der Waals surface area contributed by atoms with Crippen LogP contribution in [0.3, 0.4) is 0 Å². The van der Waals surface area contributed by atoms with Gasteiger partial charge in [0.1, 0.15) is 0 Å². The van der Waals surface area contributed by atoms with Crippen molar-refractivity contribution in [1.29, 1.82) is 0 Å². The van der Waals surface area contributed by atoms with Gasteiger partial charge in [0.15, 0.2) is 0 Å². The summed E-state index contributed by atoms with van der Waals surface area (Å²) in [5.74, 6) is 0.915. The van der Waals surface area contributed by atoms with Gasteiger partial charge in [-0.3, -0.25) is 0 Å². The molecule has 1 aromatic rings. The van der Waals surface area contributed by atoms with Crippen molar-refractivity contribution in [2.24, 2.45) is 5.92 Å². The molecule has 0 aliphatic heterocycles. The van der Waals surface area contributed by atoms with Crippen molar-refractivity contribution in [3.8, 4) is 0 Å². The Morgan fingerprint density at radius 3 is 2.87 bits per heavy atom. The minimum Gasteiger partial charge on any atom is -0.309 e. The average Bonchev–Trinajstić information content (AvgIpc) is 2.80. The van der Waals surface area contributed by atoms with E-state index in [0.717, 1.165) is 12.5 Å². The quantitative estimate of drug-likeness (QED) is 0.818. The summed E-state index contributed by atoms with van der Waals surface area (Å²) in [4.78, 5) is 1.46. The lowest BCUT2D eigenvalue weighted by Gasteiger charge is -2.28. The zero-order valence-corrected chi connectivity index (χ0v) is 10.4. The Hall–Kier alpha value is -0.340. The Kier molecular flexibility index (Phi) is 4.21. The van der Waals surface area contributed by atoms with Crippen molar-refractivity contribution >= 4 is 11.3 Å². The molecule has 1 aliphatic rings. The molecular formula is C13H21NS. The normalized spacial score (nSPS) is 20.3. The molecule has 0 bridgehead atoms. The summed E-state index contributed by atoms with van der Waals surface area (Å²) in [5, 5.41) is 5.82. The van der Waals surface area contributed by atoms with Gasteiger partial charge in [0.05, 0.1) is 0 Å². The largest absolute Gasteiger partial charge is 0.309 e. The highest BCUT2D eigenvalue weighted by Crippen LogP contribution is 2.26. The van der Waals surface area contributed by atoms with Gasteiger partial charge in [-0.25, -0.2) is 0 Å². The van der Waals surface area contributed by atoms with Crippen LogP contribution in [0.15, 0.2) is 17.5 Å². The summed E-state index contributed by atoms with van der Waals surface area (Å²) in [6.45, 7) is 3.40. The van der Waals surface area contributed by atoms with Crippen LogP contribution >= 0.6 is 11.3 Å². The lowest BCUT2D eigenvalue weighted by molar-refractivity contribution is 0.281. The fourth-order valence-electron chi connectivity index (χ4n) is 2.48. The van der Waals surface area contributed by atoms with Crippen LogP contribution in [-0.4, -0.2) is 6.04 Å². The van der Waals surface area contributed by atoms with Gasteiger partial charge in [-0.15, -0.1) is 11.3 Å². The number of hydrogen-bond acceptors (Lipinski definition) is 2. The maximum Gasteiger partial charge on any atom is 0.0302 e. The van der Waals surface area contributed by atoms with Crippen LogP contribution in [0.25, 0.3) is 0 Å². The molecule has 0 aromatic carbocycles. The van der Waals surface area contributed by atoms with Gasteiger partial charge in [0.2, 0.25) is 0 Å². The van der Waals surface area contributed by atoms with E-state index in [4.69, 9.17) is 0 Å². The molecule has 15 heavy (non-hydrogen) atoms. The summed E-state index contributed by atoms with van der Waals surface area (Å²) in [5.41, 5.74) is 0. The van der Waals surface area contributed by atoms with E-state index in [0.29, 0.717) is 6.04 Å². The van der Waals surface area contributed by atoms with Crippen LogP contribution in [0.5, 0.6) is 0 Å². The van der Waals surface area contributed by atoms with Crippen LogP contribution in [0.1, 0.15) is 43.9 Å². The molecule has 1 N–H and O–H groups in total. The van der Waals surface area contributed by atoms with Crippen LogP contribution in [0.4, 0.5) is 0 Å². The lowest BCUT2D eigenvalue weighted by Crippen LogP contribution is -2.33. The molecular weight excluding hydrogens is 202 g/mol. The summed E-state index contributed by atoms with van der Waals surface area (Å²) in [6.07, 6.45) is 7.19. The fourth-order valence-corrected chi connectivity index (χ4v) is 3.13. The van der Waals surface area contributed by atoms with E-state index in [1.807, 2.05) is 11.3 Å². The Labute approximate surface area is 96.9 Å². The first kappa shape index (κ1) is 11.2. The van der Waals surface area contributed by atoms with E-state index in [9.17, 15) is 0 Å². The van der Waals surface area contributed by atoms with Crippen molar-refractivity contribution in [2.45, 2.75) is 51.6 Å². The first-order chi connectivity index (χ1) is 7.36. The first-order valence-corrected chi connectivity index (χ1v) is 7.00. The molecule has 0 radical (unpaired) electrons. The highest BCUT2D eigenvalue weighted by atomic mass is 32.1. The number of hydrogen-bond donors (Lipinski definition) is 1. The molecule has 1 saturated carbocycles. The molecule has 0 spiro atoms. The van der Waals surface area contributed by atoms with Crippen LogP contribution < -0.4 is 5.32 Å². The summed E-state index contributed by atoms with van der Waals surface area (Å²) in [7, 11) is 0. The van der Waals surface area contributed by atoms with Crippen LogP contribution in [-0.2, 0) is 6.54 Å². The van der Waals surface area contributed by atoms with E-state index < -0.39 is 0 Å². The minimum absolute atomic E-state index is 0.687. The molecule has 1 aliphatic carbocycles. The van der Waals surface area contributed by atoms with Gasteiger partial charge in [0.25, 0.3) is 0 Å². The van der Waals surface area contributed by atoms with E-state index in [1.165, 1.54) is 37.0 Å². The van der Waals surface area contributed by atoms with E-state index >= 15 is 0 Å². The van der Waals surface area contributed by atoms with Gasteiger partial charge >= 0.3 is 0 Å². The first-order valence-electron chi connectivity index (χ1n) is 6.12. The monoisotopic (exact) mass is 223 g/mol. The highest BCUT2D eigenvalue weighted by molar-refractivity contribution is 7.09. The molecule has 1 nitrogen and oxygen atoms in total. The number of thiophene rings is 1. The number of rotatable bonds is 4. The molecule has 1 fully saturated rings. The molecule has 1 heterocycles. The summed E-state index contributed by atoms with van der Waals surface area (Å²) in [6, 6.07) is 5.03. The number of nitrogens with one attached hydrogen (secondary N) is 1. The lowest BCUT2D eigenvalue weighted by atomic mass is 9.84. The van der Waals surface area contributed by atoms with E-state index in [2.05, 4.69) is 29.8 Å². The van der Waals surface area contributed by atoms with Crippen molar-refractivity contribution < 1.29 is 0 Å². The van der Waals surface area contributed by atoms with Gasteiger partial charge in [-0.05, 0) is 37.1 Å². The van der Waals surface area contributed by atoms with E-state index in [1.54, 1.807) is 0 Å². The minimum atomic E-state index is 0.687. The Morgan fingerprint density at radius 2 is 2.20 bits per heavy atom. The second-order valence-electron chi connectivity index (χ2n) is 4.65. The SMILES string of the molecule is C[C@@H](NCc1cccs1)C1CCCCC1. The molecule has 2 heteroatoms. The molecule has 1 atom stereocenters. The molecule has 1 aromatic heterocycles. The van der Waals surface area contributed by atoms with Crippen molar-refractivity contribution in [3.05, 3.63) is 22.4 Å². The van der Waals surface area contributed by atoms with Gasteiger partial charge in [0, 0.05) is 17.5 Å². The molecule has 84 valence electrons. The Balaban J connectivity index is 1.74. The van der Waals surface area contributed by atoms with Crippen molar-refractivity contribution in [3.63, 3.8) is 0 Å².